The van der Waals surface area contributed by atoms with Crippen molar-refractivity contribution in [3.8, 4) is 0 Å². The van der Waals surface area contributed by atoms with Gasteiger partial charge in [-0.05, 0) is 76.0 Å². The minimum Gasteiger partial charge on any atom is -0.479 e. The van der Waals surface area contributed by atoms with Gasteiger partial charge < -0.3 is 10.1 Å². The van der Waals surface area contributed by atoms with Crippen molar-refractivity contribution in [1.29, 1.82) is 0 Å². The lowest BCUT2D eigenvalue weighted by Gasteiger charge is -2.39. The molecule has 2 nitrogen and oxygen atoms in total. The van der Waals surface area contributed by atoms with E-state index in [1.807, 2.05) is 0 Å². The standard InChI is InChI=1S/C15H27NOS/c1-11(2)12-6-8-15(3,9-7-12)17-14(18)13-5-4-10-16-13/h11-13,16H,4-10H2,1-3H3/t12?,13-,15?/m1/s1. The van der Waals surface area contributed by atoms with Crippen molar-refractivity contribution >= 4 is 17.3 Å². The van der Waals surface area contributed by atoms with Crippen molar-refractivity contribution in [3.63, 3.8) is 0 Å². The molecule has 1 aliphatic carbocycles. The van der Waals surface area contributed by atoms with Crippen LogP contribution in [0.15, 0.2) is 0 Å². The maximum absolute atomic E-state index is 6.16. The van der Waals surface area contributed by atoms with E-state index in [4.69, 9.17) is 17.0 Å². The summed E-state index contributed by atoms with van der Waals surface area (Å²) in [5, 5.41) is 4.23. The fourth-order valence-corrected chi connectivity index (χ4v) is 3.62. The van der Waals surface area contributed by atoms with Crippen molar-refractivity contribution in [3.05, 3.63) is 0 Å². The van der Waals surface area contributed by atoms with E-state index >= 15 is 0 Å². The zero-order valence-corrected chi connectivity index (χ0v) is 12.8. The number of ether oxygens (including phenoxy) is 1. The Morgan fingerprint density at radius 1 is 1.28 bits per heavy atom. The Kier molecular flexibility index (Phi) is 4.65. The van der Waals surface area contributed by atoms with Gasteiger partial charge in [0, 0.05) is 0 Å². The van der Waals surface area contributed by atoms with E-state index in [0.717, 1.165) is 42.7 Å². The lowest BCUT2D eigenvalue weighted by Crippen LogP contribution is -2.41. The number of thiocarbonyl (C=S) groups is 1. The average Bonchev–Trinajstić information content (AvgIpc) is 2.82. The van der Waals surface area contributed by atoms with E-state index in [1.54, 1.807) is 0 Å². The Bertz CT molecular complexity index is 289. The minimum atomic E-state index is -0.00720. The van der Waals surface area contributed by atoms with Gasteiger partial charge in [-0.15, -0.1) is 0 Å². The molecule has 1 heterocycles. The van der Waals surface area contributed by atoms with Crippen LogP contribution in [0.4, 0.5) is 0 Å². The van der Waals surface area contributed by atoms with E-state index in [9.17, 15) is 0 Å². The Labute approximate surface area is 117 Å². The number of nitrogens with one attached hydrogen (secondary N) is 1. The maximum Gasteiger partial charge on any atom is 0.177 e. The summed E-state index contributed by atoms with van der Waals surface area (Å²) in [6.07, 6.45) is 7.25. The molecule has 1 aliphatic heterocycles. The summed E-state index contributed by atoms with van der Waals surface area (Å²) in [4.78, 5) is 0. The molecule has 3 heteroatoms. The highest BCUT2D eigenvalue weighted by Crippen LogP contribution is 2.38. The summed E-state index contributed by atoms with van der Waals surface area (Å²) in [5.41, 5.74) is -0.00720. The molecule has 2 aliphatic rings. The van der Waals surface area contributed by atoms with Crippen LogP contribution in [0.3, 0.4) is 0 Å². The van der Waals surface area contributed by atoms with Crippen molar-refractivity contribution in [2.24, 2.45) is 11.8 Å². The van der Waals surface area contributed by atoms with E-state index in [1.165, 1.54) is 19.3 Å². The van der Waals surface area contributed by atoms with Gasteiger partial charge in [-0.1, -0.05) is 13.8 Å². The van der Waals surface area contributed by atoms with Crippen LogP contribution < -0.4 is 5.32 Å². The fourth-order valence-electron chi connectivity index (χ4n) is 3.22. The van der Waals surface area contributed by atoms with Crippen LogP contribution in [0.2, 0.25) is 0 Å². The van der Waals surface area contributed by atoms with Crippen molar-refractivity contribution in [1.82, 2.24) is 5.32 Å². The molecule has 0 bridgehead atoms. The summed E-state index contributed by atoms with van der Waals surface area (Å²) in [7, 11) is 0. The first-order valence-corrected chi connectivity index (χ1v) is 7.87. The maximum atomic E-state index is 6.16. The summed E-state index contributed by atoms with van der Waals surface area (Å²) in [6.45, 7) is 7.99. The molecule has 0 aromatic rings. The number of hydrogen-bond donors (Lipinski definition) is 1. The molecule has 1 atom stereocenters. The molecule has 1 N–H and O–H groups in total. The molecule has 0 aromatic heterocycles. The molecule has 2 fully saturated rings. The third kappa shape index (κ3) is 3.45. The first-order chi connectivity index (χ1) is 8.50. The lowest BCUT2D eigenvalue weighted by atomic mass is 9.75. The van der Waals surface area contributed by atoms with Gasteiger partial charge in [0.15, 0.2) is 5.05 Å². The topological polar surface area (TPSA) is 21.3 Å². The second-order valence-electron chi connectivity index (χ2n) is 6.60. The zero-order valence-electron chi connectivity index (χ0n) is 12.0. The summed E-state index contributed by atoms with van der Waals surface area (Å²) in [6, 6.07) is 0.319. The van der Waals surface area contributed by atoms with E-state index in [0.29, 0.717) is 6.04 Å². The Balaban J connectivity index is 1.83. The van der Waals surface area contributed by atoms with Crippen LogP contribution in [-0.4, -0.2) is 23.2 Å². The molecule has 1 saturated heterocycles. The van der Waals surface area contributed by atoms with Gasteiger partial charge in [0.25, 0.3) is 0 Å². The van der Waals surface area contributed by atoms with Crippen molar-refractivity contribution < 1.29 is 4.74 Å². The molecule has 0 unspecified atom stereocenters. The quantitative estimate of drug-likeness (QED) is 0.790. The molecule has 0 amide bonds. The SMILES string of the molecule is CC(C)C1CCC(C)(OC(=S)[C@H]2CCCN2)CC1. The normalized spacial score (nSPS) is 36.9. The van der Waals surface area contributed by atoms with E-state index in [2.05, 4.69) is 26.1 Å². The second-order valence-corrected chi connectivity index (χ2v) is 7.00. The molecule has 0 aromatic carbocycles. The van der Waals surface area contributed by atoms with Crippen molar-refractivity contribution in [2.45, 2.75) is 70.9 Å². The molecular weight excluding hydrogens is 242 g/mol. The smallest absolute Gasteiger partial charge is 0.177 e. The molecule has 0 radical (unpaired) electrons. The first kappa shape index (κ1) is 14.3. The van der Waals surface area contributed by atoms with Gasteiger partial charge in [-0.25, -0.2) is 0 Å². The van der Waals surface area contributed by atoms with Gasteiger partial charge in [0.05, 0.1) is 6.04 Å². The van der Waals surface area contributed by atoms with E-state index in [-0.39, 0.29) is 5.60 Å². The average molecular weight is 269 g/mol. The Hall–Kier alpha value is -0.150. The lowest BCUT2D eigenvalue weighted by molar-refractivity contribution is 0.0134. The highest BCUT2D eigenvalue weighted by atomic mass is 32.1. The van der Waals surface area contributed by atoms with Crippen LogP contribution in [0.5, 0.6) is 0 Å². The third-order valence-electron chi connectivity index (χ3n) is 4.72. The van der Waals surface area contributed by atoms with Crippen LogP contribution in [-0.2, 0) is 4.74 Å². The molecule has 104 valence electrons. The summed E-state index contributed by atoms with van der Waals surface area (Å²) in [5.74, 6) is 1.68. The molecule has 2 rings (SSSR count). The highest BCUT2D eigenvalue weighted by Gasteiger charge is 2.36. The number of rotatable bonds is 3. The Morgan fingerprint density at radius 2 is 1.94 bits per heavy atom. The van der Waals surface area contributed by atoms with Gasteiger partial charge in [0.2, 0.25) is 0 Å². The third-order valence-corrected chi connectivity index (χ3v) is 5.09. The van der Waals surface area contributed by atoms with Crippen molar-refractivity contribution in [2.75, 3.05) is 6.54 Å². The highest BCUT2D eigenvalue weighted by molar-refractivity contribution is 7.80. The van der Waals surface area contributed by atoms with Gasteiger partial charge >= 0.3 is 0 Å². The molecular formula is C15H27NOS. The van der Waals surface area contributed by atoms with Gasteiger partial charge in [0.1, 0.15) is 5.60 Å². The summed E-state index contributed by atoms with van der Waals surface area (Å²) >= 11 is 5.46. The minimum absolute atomic E-state index is 0.00720. The molecule has 0 spiro atoms. The zero-order chi connectivity index (χ0) is 13.2. The van der Waals surface area contributed by atoms with Gasteiger partial charge in [-0.2, -0.15) is 0 Å². The van der Waals surface area contributed by atoms with Crippen LogP contribution >= 0.6 is 12.2 Å². The molecule has 18 heavy (non-hydrogen) atoms. The Morgan fingerprint density at radius 3 is 2.44 bits per heavy atom. The second kappa shape index (κ2) is 5.87. The monoisotopic (exact) mass is 269 g/mol. The predicted molar refractivity (Wildman–Crippen MR) is 79.9 cm³/mol. The first-order valence-electron chi connectivity index (χ1n) is 7.46. The van der Waals surface area contributed by atoms with Crippen LogP contribution in [0.25, 0.3) is 0 Å². The van der Waals surface area contributed by atoms with E-state index < -0.39 is 0 Å². The fraction of sp³-hybridized carbons (Fsp3) is 0.933. The van der Waals surface area contributed by atoms with Crippen LogP contribution in [0, 0.1) is 11.8 Å². The number of hydrogen-bond acceptors (Lipinski definition) is 3. The van der Waals surface area contributed by atoms with Gasteiger partial charge in [-0.3, -0.25) is 0 Å². The molecule has 1 saturated carbocycles. The largest absolute Gasteiger partial charge is 0.479 e. The predicted octanol–water partition coefficient (Wildman–Crippen LogP) is 3.69. The summed E-state index contributed by atoms with van der Waals surface area (Å²) < 4.78 is 6.16. The van der Waals surface area contributed by atoms with Crippen LogP contribution in [0.1, 0.15) is 59.3 Å².